The monoisotopic (exact) mass is 536 g/mol. The van der Waals surface area contributed by atoms with E-state index in [0.29, 0.717) is 5.92 Å². The van der Waals surface area contributed by atoms with Crippen molar-refractivity contribution in [1.82, 2.24) is 0 Å². The summed E-state index contributed by atoms with van der Waals surface area (Å²) in [6.45, 7) is 0. The van der Waals surface area contributed by atoms with Crippen LogP contribution in [0.25, 0.3) is 0 Å². The van der Waals surface area contributed by atoms with Crippen LogP contribution in [0.2, 0.25) is 0 Å². The van der Waals surface area contributed by atoms with Crippen LogP contribution in [0.4, 0.5) is 0 Å². The van der Waals surface area contributed by atoms with Gasteiger partial charge in [-0.2, -0.15) is 0 Å². The molecule has 0 radical (unpaired) electrons. The van der Waals surface area contributed by atoms with Gasteiger partial charge in [-0.15, -0.1) is 0 Å². The van der Waals surface area contributed by atoms with Crippen LogP contribution >= 0.6 is 0 Å². The fraction of sp³-hybridized carbons (Fsp3) is 0.238. The molecular formula is C42H32. The van der Waals surface area contributed by atoms with Crippen LogP contribution in [0.5, 0.6) is 0 Å². The summed E-state index contributed by atoms with van der Waals surface area (Å²) in [5, 5.41) is 0. The highest BCUT2D eigenvalue weighted by atomic mass is 14.7. The second kappa shape index (κ2) is 10.8. The summed E-state index contributed by atoms with van der Waals surface area (Å²) < 4.78 is 0. The molecule has 3 unspecified atom stereocenters. The summed E-state index contributed by atoms with van der Waals surface area (Å²) in [7, 11) is 0. The minimum absolute atomic E-state index is 0.126. The lowest BCUT2D eigenvalue weighted by Gasteiger charge is -2.64. The van der Waals surface area contributed by atoms with E-state index in [-0.39, 0.29) is 22.2 Å². The standard InChI is InChI=1S/C42H32/c1-5-13-34(14-6-1)21-22-39-38-29-40(26-23-35-15-7-2-8-16-35)31-41(30-38,27-24-36-17-9-3-10-18-36)33-42(39,32-40)28-25-37-19-11-4-12-20-37/h1-20,38-39H,29-33H2. The predicted molar refractivity (Wildman–Crippen MR) is 171 cm³/mol. The number of benzene rings is 4. The molecule has 3 atom stereocenters. The Labute approximate surface area is 250 Å². The van der Waals surface area contributed by atoms with Crippen molar-refractivity contribution in [1.29, 1.82) is 0 Å². The molecule has 8 rings (SSSR count). The molecule has 0 saturated heterocycles. The minimum Gasteiger partial charge on any atom is -0.0926 e. The first-order valence-corrected chi connectivity index (χ1v) is 14.9. The molecule has 0 N–H and O–H groups in total. The molecule has 0 amide bonds. The Morgan fingerprint density at radius 2 is 0.810 bits per heavy atom. The maximum absolute atomic E-state index is 3.89. The normalized spacial score (nSPS) is 28.0. The smallest absolute Gasteiger partial charge is 0.0487 e. The maximum atomic E-state index is 3.89. The number of hydrogen-bond donors (Lipinski definition) is 0. The fourth-order valence-electron chi connectivity index (χ4n) is 7.87. The maximum Gasteiger partial charge on any atom is 0.0487 e. The van der Waals surface area contributed by atoms with Crippen LogP contribution in [0.3, 0.4) is 0 Å². The Balaban J connectivity index is 1.37. The zero-order valence-electron chi connectivity index (χ0n) is 23.7. The number of hydrogen-bond acceptors (Lipinski definition) is 0. The zero-order chi connectivity index (χ0) is 28.3. The van der Waals surface area contributed by atoms with Crippen molar-refractivity contribution in [3.63, 3.8) is 0 Å². The Kier molecular flexibility index (Phi) is 6.72. The van der Waals surface area contributed by atoms with Gasteiger partial charge in [0.1, 0.15) is 0 Å². The van der Waals surface area contributed by atoms with Crippen LogP contribution < -0.4 is 0 Å². The van der Waals surface area contributed by atoms with E-state index in [2.05, 4.69) is 144 Å². The van der Waals surface area contributed by atoms with Gasteiger partial charge >= 0.3 is 0 Å². The molecule has 0 aromatic heterocycles. The lowest BCUT2D eigenvalue weighted by Crippen LogP contribution is -2.60. The molecule has 0 spiro atoms. The molecule has 0 aliphatic heterocycles. The van der Waals surface area contributed by atoms with Crippen molar-refractivity contribution in [2.75, 3.05) is 0 Å². The third-order valence-corrected chi connectivity index (χ3v) is 9.22. The lowest BCUT2D eigenvalue weighted by atomic mass is 9.37. The van der Waals surface area contributed by atoms with Crippen molar-refractivity contribution in [3.05, 3.63) is 144 Å². The molecule has 4 aromatic rings. The molecule has 0 heteroatoms. The van der Waals surface area contributed by atoms with Gasteiger partial charge in [0.2, 0.25) is 0 Å². The van der Waals surface area contributed by atoms with Crippen LogP contribution in [0.1, 0.15) is 54.4 Å². The van der Waals surface area contributed by atoms with Crippen molar-refractivity contribution in [2.45, 2.75) is 32.1 Å². The van der Waals surface area contributed by atoms with Gasteiger partial charge in [0.25, 0.3) is 0 Å². The average molecular weight is 537 g/mol. The van der Waals surface area contributed by atoms with Crippen molar-refractivity contribution < 1.29 is 0 Å². The van der Waals surface area contributed by atoms with Gasteiger partial charge in [-0.25, -0.2) is 0 Å². The first-order chi connectivity index (χ1) is 20.6. The Morgan fingerprint density at radius 1 is 0.429 bits per heavy atom. The largest absolute Gasteiger partial charge is 0.0926 e. The third kappa shape index (κ3) is 5.27. The quantitative estimate of drug-likeness (QED) is 0.198. The highest BCUT2D eigenvalue weighted by molar-refractivity contribution is 5.46. The van der Waals surface area contributed by atoms with E-state index in [9.17, 15) is 0 Å². The van der Waals surface area contributed by atoms with Gasteiger partial charge in [0.15, 0.2) is 0 Å². The molecule has 4 fully saturated rings. The van der Waals surface area contributed by atoms with Gasteiger partial charge in [0, 0.05) is 44.4 Å². The van der Waals surface area contributed by atoms with E-state index in [4.69, 9.17) is 0 Å². The van der Waals surface area contributed by atoms with E-state index in [1.807, 2.05) is 24.3 Å². The summed E-state index contributed by atoms with van der Waals surface area (Å²) in [6, 6.07) is 41.6. The predicted octanol–water partition coefficient (Wildman–Crippen LogP) is 8.38. The molecular weight excluding hydrogens is 504 g/mol. The summed E-state index contributed by atoms with van der Waals surface area (Å²) in [5.41, 5.74) is 3.74. The van der Waals surface area contributed by atoms with Crippen LogP contribution in [0, 0.1) is 75.4 Å². The van der Waals surface area contributed by atoms with E-state index < -0.39 is 0 Å². The van der Waals surface area contributed by atoms with Gasteiger partial charge in [-0.05, 0) is 86.6 Å². The Bertz CT molecular complexity index is 1750. The summed E-state index contributed by atoms with van der Waals surface area (Å²) in [4.78, 5) is 0. The van der Waals surface area contributed by atoms with Crippen molar-refractivity contribution in [3.8, 4) is 47.4 Å². The summed E-state index contributed by atoms with van der Waals surface area (Å²) >= 11 is 0. The van der Waals surface area contributed by atoms with E-state index in [0.717, 1.165) is 54.4 Å². The van der Waals surface area contributed by atoms with Gasteiger partial charge in [-0.1, -0.05) is 120 Å². The van der Waals surface area contributed by atoms with Crippen LogP contribution in [-0.2, 0) is 0 Å². The first-order valence-electron chi connectivity index (χ1n) is 14.9. The fourth-order valence-corrected chi connectivity index (χ4v) is 7.87. The van der Waals surface area contributed by atoms with E-state index in [1.54, 1.807) is 0 Å². The van der Waals surface area contributed by atoms with Gasteiger partial charge in [-0.3, -0.25) is 0 Å². The average Bonchev–Trinajstić information content (AvgIpc) is 3.03. The molecule has 4 saturated carbocycles. The molecule has 4 bridgehead atoms. The van der Waals surface area contributed by atoms with Gasteiger partial charge < -0.3 is 0 Å². The van der Waals surface area contributed by atoms with Crippen molar-refractivity contribution >= 4 is 0 Å². The zero-order valence-corrected chi connectivity index (χ0v) is 23.7. The third-order valence-electron chi connectivity index (χ3n) is 9.22. The molecule has 0 heterocycles. The number of rotatable bonds is 0. The second-order valence-electron chi connectivity index (χ2n) is 12.4. The second-order valence-corrected chi connectivity index (χ2v) is 12.4. The van der Waals surface area contributed by atoms with Crippen LogP contribution in [-0.4, -0.2) is 0 Å². The van der Waals surface area contributed by atoms with Gasteiger partial charge in [0.05, 0.1) is 0 Å². The summed E-state index contributed by atoms with van der Waals surface area (Å²) in [6.07, 6.45) is 5.01. The molecule has 200 valence electrons. The minimum atomic E-state index is -0.270. The highest BCUT2D eigenvalue weighted by Crippen LogP contribution is 2.71. The molecule has 4 aliphatic carbocycles. The van der Waals surface area contributed by atoms with Crippen molar-refractivity contribution in [2.24, 2.45) is 28.1 Å². The first kappa shape index (κ1) is 26.0. The SMILES string of the molecule is C(#CC1C2CC3(C#Cc4ccccc4)CC(C#Cc4ccccc4)(C2)CC1(C#Cc1ccccc1)C3)c1ccccc1. The van der Waals surface area contributed by atoms with E-state index in [1.165, 1.54) is 0 Å². The molecule has 42 heavy (non-hydrogen) atoms. The Morgan fingerprint density at radius 3 is 1.24 bits per heavy atom. The topological polar surface area (TPSA) is 0 Å². The molecule has 4 aromatic carbocycles. The molecule has 4 aliphatic rings. The summed E-state index contributed by atoms with van der Waals surface area (Å²) in [5.74, 6) is 30.3. The highest BCUT2D eigenvalue weighted by Gasteiger charge is 2.66. The van der Waals surface area contributed by atoms with E-state index >= 15 is 0 Å². The lowest BCUT2D eigenvalue weighted by molar-refractivity contribution is -0.111. The molecule has 0 nitrogen and oxygen atoms in total. The Hall–Kier alpha value is -4.88. The van der Waals surface area contributed by atoms with Crippen LogP contribution in [0.15, 0.2) is 121 Å².